The first kappa shape index (κ1) is 11.4. The molecule has 0 unspecified atom stereocenters. The molecule has 17 heavy (non-hydrogen) atoms. The summed E-state index contributed by atoms with van der Waals surface area (Å²) in [6, 6.07) is 6.60. The second kappa shape index (κ2) is 4.45. The van der Waals surface area contributed by atoms with Gasteiger partial charge in [0, 0.05) is 24.0 Å². The first-order chi connectivity index (χ1) is 8.06. The van der Waals surface area contributed by atoms with Crippen LogP contribution < -0.4 is 11.1 Å². The van der Waals surface area contributed by atoms with Gasteiger partial charge in [-0.15, -0.1) is 0 Å². The van der Waals surface area contributed by atoms with Crippen LogP contribution >= 0.6 is 0 Å². The predicted molar refractivity (Wildman–Crippen MR) is 66.7 cm³/mol. The number of anilines is 3. The summed E-state index contributed by atoms with van der Waals surface area (Å²) >= 11 is 0. The van der Waals surface area contributed by atoms with Crippen molar-refractivity contribution in [2.75, 3.05) is 11.1 Å². The molecule has 1 aromatic carbocycles. The average Bonchev–Trinajstić information content (AvgIpc) is 2.71. The van der Waals surface area contributed by atoms with E-state index in [-0.39, 0.29) is 11.9 Å². The molecule has 1 aromatic heterocycles. The van der Waals surface area contributed by atoms with Crippen molar-refractivity contribution in [3.8, 4) is 0 Å². The van der Waals surface area contributed by atoms with E-state index in [1.165, 1.54) is 6.07 Å². The van der Waals surface area contributed by atoms with E-state index in [1.807, 2.05) is 20.0 Å². The summed E-state index contributed by atoms with van der Waals surface area (Å²) in [5.74, 6) is 0.228. The zero-order valence-corrected chi connectivity index (χ0v) is 9.81. The topological polar surface area (TPSA) is 55.9 Å². The molecule has 0 aliphatic carbocycles. The highest BCUT2D eigenvalue weighted by molar-refractivity contribution is 5.59. The zero-order chi connectivity index (χ0) is 12.4. The van der Waals surface area contributed by atoms with Gasteiger partial charge in [0.05, 0.1) is 5.69 Å². The highest BCUT2D eigenvalue weighted by Crippen LogP contribution is 2.21. The second-order valence-electron chi connectivity index (χ2n) is 4.14. The Morgan fingerprint density at radius 2 is 2.12 bits per heavy atom. The van der Waals surface area contributed by atoms with Crippen molar-refractivity contribution in [3.05, 3.63) is 36.3 Å². The smallest absolute Gasteiger partial charge is 0.152 e. The first-order valence-electron chi connectivity index (χ1n) is 5.43. The van der Waals surface area contributed by atoms with Crippen molar-refractivity contribution in [2.45, 2.75) is 19.9 Å². The van der Waals surface area contributed by atoms with E-state index in [4.69, 9.17) is 5.73 Å². The van der Waals surface area contributed by atoms with Gasteiger partial charge < -0.3 is 11.1 Å². The van der Waals surface area contributed by atoms with Crippen molar-refractivity contribution in [1.29, 1.82) is 0 Å². The number of halogens is 1. The van der Waals surface area contributed by atoms with E-state index >= 15 is 0 Å². The fraction of sp³-hybridized carbons (Fsp3) is 0.250. The molecule has 0 radical (unpaired) electrons. The summed E-state index contributed by atoms with van der Waals surface area (Å²) in [7, 11) is 0. The van der Waals surface area contributed by atoms with Gasteiger partial charge in [-0.25, -0.2) is 4.39 Å². The van der Waals surface area contributed by atoms with Gasteiger partial charge in [0.25, 0.3) is 0 Å². The number of benzene rings is 1. The van der Waals surface area contributed by atoms with Crippen molar-refractivity contribution in [2.24, 2.45) is 0 Å². The Balaban J connectivity index is 2.19. The van der Waals surface area contributed by atoms with Crippen LogP contribution in [-0.2, 0) is 0 Å². The SMILES string of the molecule is CC(C)n1ccc(Nc2ccc(N)cc2F)n1. The molecule has 0 saturated carbocycles. The van der Waals surface area contributed by atoms with Crippen LogP contribution in [0.25, 0.3) is 0 Å². The maximum atomic E-state index is 13.5. The minimum atomic E-state index is -0.385. The van der Waals surface area contributed by atoms with Crippen LogP contribution in [-0.4, -0.2) is 9.78 Å². The highest BCUT2D eigenvalue weighted by Gasteiger charge is 2.06. The molecule has 0 saturated heterocycles. The number of hydrogen-bond acceptors (Lipinski definition) is 3. The predicted octanol–water partition coefficient (Wildman–Crippen LogP) is 2.93. The third-order valence-electron chi connectivity index (χ3n) is 2.39. The van der Waals surface area contributed by atoms with Crippen molar-refractivity contribution < 1.29 is 4.39 Å². The van der Waals surface area contributed by atoms with Crippen LogP contribution in [0.3, 0.4) is 0 Å². The summed E-state index contributed by atoms with van der Waals surface area (Å²) in [5, 5.41) is 7.19. The van der Waals surface area contributed by atoms with E-state index in [1.54, 1.807) is 22.9 Å². The molecule has 0 aliphatic rings. The second-order valence-corrected chi connectivity index (χ2v) is 4.14. The minimum absolute atomic E-state index is 0.279. The molecular weight excluding hydrogens is 219 g/mol. The lowest BCUT2D eigenvalue weighted by Crippen LogP contribution is -2.02. The fourth-order valence-corrected chi connectivity index (χ4v) is 1.46. The molecule has 2 aromatic rings. The maximum Gasteiger partial charge on any atom is 0.152 e. The van der Waals surface area contributed by atoms with Crippen LogP contribution in [0.15, 0.2) is 30.5 Å². The van der Waals surface area contributed by atoms with Gasteiger partial charge in [-0.2, -0.15) is 5.10 Å². The van der Waals surface area contributed by atoms with E-state index in [2.05, 4.69) is 10.4 Å². The molecule has 0 bridgehead atoms. The molecule has 0 aliphatic heterocycles. The lowest BCUT2D eigenvalue weighted by molar-refractivity contribution is 0.534. The molecule has 3 N–H and O–H groups in total. The maximum absolute atomic E-state index is 13.5. The van der Waals surface area contributed by atoms with E-state index < -0.39 is 0 Å². The Hall–Kier alpha value is -2.04. The molecule has 2 rings (SSSR count). The lowest BCUT2D eigenvalue weighted by Gasteiger charge is -2.06. The Kier molecular flexibility index (Phi) is 2.99. The standard InChI is InChI=1S/C12H15FN4/c1-8(2)17-6-5-12(16-17)15-11-4-3-9(14)7-10(11)13/h3-8H,14H2,1-2H3,(H,15,16). The molecule has 0 amide bonds. The molecular formula is C12H15FN4. The molecule has 4 nitrogen and oxygen atoms in total. The number of hydrogen-bond donors (Lipinski definition) is 2. The van der Waals surface area contributed by atoms with Gasteiger partial charge in [0.15, 0.2) is 5.82 Å². The average molecular weight is 234 g/mol. The van der Waals surface area contributed by atoms with Gasteiger partial charge in [-0.1, -0.05) is 0 Å². The number of rotatable bonds is 3. The molecule has 0 fully saturated rings. The summed E-state index contributed by atoms with van der Waals surface area (Å²) in [4.78, 5) is 0. The third kappa shape index (κ3) is 2.55. The van der Waals surface area contributed by atoms with Crippen LogP contribution in [0.2, 0.25) is 0 Å². The summed E-state index contributed by atoms with van der Waals surface area (Å²) in [6.45, 7) is 4.06. The van der Waals surface area contributed by atoms with E-state index in [9.17, 15) is 4.39 Å². The molecule has 5 heteroatoms. The van der Waals surface area contributed by atoms with Crippen LogP contribution in [0.5, 0.6) is 0 Å². The summed E-state index contributed by atoms with van der Waals surface area (Å²) in [6.07, 6.45) is 1.85. The van der Waals surface area contributed by atoms with Crippen molar-refractivity contribution in [1.82, 2.24) is 9.78 Å². The first-order valence-corrected chi connectivity index (χ1v) is 5.43. The summed E-state index contributed by atoms with van der Waals surface area (Å²) in [5.41, 5.74) is 6.25. The number of nitrogen functional groups attached to an aromatic ring is 1. The normalized spacial score (nSPS) is 10.8. The largest absolute Gasteiger partial charge is 0.399 e. The highest BCUT2D eigenvalue weighted by atomic mass is 19.1. The Bertz CT molecular complexity index is 519. The van der Waals surface area contributed by atoms with Gasteiger partial charge in [-0.3, -0.25) is 4.68 Å². The number of nitrogens with one attached hydrogen (secondary N) is 1. The van der Waals surface area contributed by atoms with Gasteiger partial charge in [0.2, 0.25) is 0 Å². The monoisotopic (exact) mass is 234 g/mol. The number of nitrogens with zero attached hydrogens (tertiary/aromatic N) is 2. The quantitative estimate of drug-likeness (QED) is 0.803. The van der Waals surface area contributed by atoms with E-state index in [0.717, 1.165) is 0 Å². The molecule has 90 valence electrons. The molecule has 1 heterocycles. The van der Waals surface area contributed by atoms with Crippen molar-refractivity contribution >= 4 is 17.2 Å². The van der Waals surface area contributed by atoms with Gasteiger partial charge in [-0.05, 0) is 32.0 Å². The van der Waals surface area contributed by atoms with E-state index in [0.29, 0.717) is 17.2 Å². The molecule has 0 atom stereocenters. The van der Waals surface area contributed by atoms with Gasteiger partial charge >= 0.3 is 0 Å². The Morgan fingerprint density at radius 3 is 2.71 bits per heavy atom. The molecule has 0 spiro atoms. The summed E-state index contributed by atoms with van der Waals surface area (Å²) < 4.78 is 15.3. The fourth-order valence-electron chi connectivity index (χ4n) is 1.46. The lowest BCUT2D eigenvalue weighted by atomic mass is 10.2. The Labute approximate surface area is 99.2 Å². The number of nitrogens with two attached hydrogens (primary N) is 1. The zero-order valence-electron chi connectivity index (χ0n) is 9.81. The van der Waals surface area contributed by atoms with Gasteiger partial charge in [0.1, 0.15) is 5.82 Å². The van der Waals surface area contributed by atoms with Crippen molar-refractivity contribution in [3.63, 3.8) is 0 Å². The van der Waals surface area contributed by atoms with Crippen LogP contribution in [0.1, 0.15) is 19.9 Å². The van der Waals surface area contributed by atoms with Crippen LogP contribution in [0, 0.1) is 5.82 Å². The Morgan fingerprint density at radius 1 is 1.35 bits per heavy atom. The third-order valence-corrected chi connectivity index (χ3v) is 2.39. The number of aromatic nitrogens is 2. The minimum Gasteiger partial charge on any atom is -0.399 e. The van der Waals surface area contributed by atoms with Crippen LogP contribution in [0.4, 0.5) is 21.6 Å².